The fraction of sp³-hybridized carbons (Fsp3) is 0.250. The molecule has 0 heterocycles. The number of benzene rings is 1. The van der Waals surface area contributed by atoms with Gasteiger partial charge in [0.05, 0.1) is 0 Å². The van der Waals surface area contributed by atoms with Crippen LogP contribution in [0.1, 0.15) is 24.8 Å². The number of carbonyl (C=O) groups is 1. The van der Waals surface area contributed by atoms with E-state index in [-0.39, 0.29) is 6.42 Å². The molecule has 0 bridgehead atoms. The van der Waals surface area contributed by atoms with Gasteiger partial charge in [0.15, 0.2) is 0 Å². The van der Waals surface area contributed by atoms with Crippen LogP contribution in [0.2, 0.25) is 0 Å². The summed E-state index contributed by atoms with van der Waals surface area (Å²) in [7, 11) is 0. The van der Waals surface area contributed by atoms with Crippen molar-refractivity contribution in [3.8, 4) is 0 Å². The molecule has 0 aromatic heterocycles. The molecule has 86 valence electrons. The van der Waals surface area contributed by atoms with Gasteiger partial charge >= 0.3 is 5.97 Å². The number of carboxylic acid groups (broad SMARTS) is 1. The van der Waals surface area contributed by atoms with Crippen molar-refractivity contribution in [2.45, 2.75) is 19.3 Å². The van der Waals surface area contributed by atoms with Crippen molar-refractivity contribution >= 4 is 12.0 Å². The fourth-order valence-corrected chi connectivity index (χ4v) is 1.22. The summed E-state index contributed by atoms with van der Waals surface area (Å²) in [5.74, 6) is -2.07. The number of hydrogen-bond donors (Lipinski definition) is 1. The van der Waals surface area contributed by atoms with Crippen LogP contribution in [-0.2, 0) is 4.79 Å². The zero-order chi connectivity index (χ0) is 12.0. The number of allylic oxidation sites excluding steroid dienone is 1. The highest BCUT2D eigenvalue weighted by molar-refractivity contribution is 5.66. The third kappa shape index (κ3) is 4.21. The SMILES string of the molecule is O=C(O)CCC/C=C/c1ccc(F)cc1F. The van der Waals surface area contributed by atoms with Crippen LogP contribution < -0.4 is 0 Å². The summed E-state index contributed by atoms with van der Waals surface area (Å²) in [5.41, 5.74) is 0.303. The monoisotopic (exact) mass is 226 g/mol. The van der Waals surface area contributed by atoms with Gasteiger partial charge in [-0.1, -0.05) is 12.2 Å². The number of hydrogen-bond acceptors (Lipinski definition) is 1. The van der Waals surface area contributed by atoms with E-state index >= 15 is 0 Å². The molecule has 0 unspecified atom stereocenters. The summed E-state index contributed by atoms with van der Waals surface area (Å²) in [6.45, 7) is 0. The minimum Gasteiger partial charge on any atom is -0.481 e. The molecular weight excluding hydrogens is 214 g/mol. The second-order valence-corrected chi connectivity index (χ2v) is 3.35. The van der Waals surface area contributed by atoms with Crippen LogP contribution in [0.5, 0.6) is 0 Å². The molecular formula is C12H12F2O2. The molecule has 16 heavy (non-hydrogen) atoms. The van der Waals surface area contributed by atoms with Gasteiger partial charge in [0, 0.05) is 18.1 Å². The highest BCUT2D eigenvalue weighted by Gasteiger charge is 1.99. The smallest absolute Gasteiger partial charge is 0.303 e. The molecule has 1 aromatic rings. The lowest BCUT2D eigenvalue weighted by molar-refractivity contribution is -0.137. The predicted molar refractivity (Wildman–Crippen MR) is 56.9 cm³/mol. The molecule has 1 N–H and O–H groups in total. The summed E-state index contributed by atoms with van der Waals surface area (Å²) in [4.78, 5) is 10.2. The van der Waals surface area contributed by atoms with Crippen LogP contribution in [0.3, 0.4) is 0 Å². The third-order valence-electron chi connectivity index (χ3n) is 2.02. The molecule has 2 nitrogen and oxygen atoms in total. The summed E-state index contributed by atoms with van der Waals surface area (Å²) in [6.07, 6.45) is 4.36. The predicted octanol–water partition coefficient (Wildman–Crippen LogP) is 3.23. The quantitative estimate of drug-likeness (QED) is 0.782. The Morgan fingerprint density at radius 1 is 1.38 bits per heavy atom. The molecule has 0 saturated carbocycles. The van der Waals surface area contributed by atoms with E-state index in [0.717, 1.165) is 6.07 Å². The summed E-state index contributed by atoms with van der Waals surface area (Å²) in [5, 5.41) is 8.38. The zero-order valence-corrected chi connectivity index (χ0v) is 8.62. The summed E-state index contributed by atoms with van der Waals surface area (Å²) < 4.78 is 25.7. The van der Waals surface area contributed by atoms with Crippen LogP contribution in [0.15, 0.2) is 24.3 Å². The van der Waals surface area contributed by atoms with E-state index in [0.29, 0.717) is 18.4 Å². The van der Waals surface area contributed by atoms with Gasteiger partial charge in [-0.15, -0.1) is 0 Å². The second-order valence-electron chi connectivity index (χ2n) is 3.35. The molecule has 0 amide bonds. The first kappa shape index (κ1) is 12.4. The van der Waals surface area contributed by atoms with Crippen LogP contribution in [-0.4, -0.2) is 11.1 Å². The van der Waals surface area contributed by atoms with Crippen molar-refractivity contribution in [3.63, 3.8) is 0 Å². The maximum absolute atomic E-state index is 13.1. The average Bonchev–Trinajstić information content (AvgIpc) is 2.20. The Morgan fingerprint density at radius 3 is 2.75 bits per heavy atom. The van der Waals surface area contributed by atoms with Crippen molar-refractivity contribution in [2.24, 2.45) is 0 Å². The first-order valence-electron chi connectivity index (χ1n) is 4.93. The summed E-state index contributed by atoms with van der Waals surface area (Å²) in [6, 6.07) is 3.34. The highest BCUT2D eigenvalue weighted by atomic mass is 19.1. The minimum atomic E-state index is -0.846. The van der Waals surface area contributed by atoms with Gasteiger partial charge < -0.3 is 5.11 Å². The first-order chi connectivity index (χ1) is 7.59. The number of aliphatic carboxylic acids is 1. The van der Waals surface area contributed by atoms with Crippen LogP contribution >= 0.6 is 0 Å². The minimum absolute atomic E-state index is 0.0935. The molecule has 4 heteroatoms. The zero-order valence-electron chi connectivity index (χ0n) is 8.62. The Bertz CT molecular complexity index is 400. The number of halogens is 2. The van der Waals surface area contributed by atoms with Crippen molar-refractivity contribution in [3.05, 3.63) is 41.5 Å². The Balaban J connectivity index is 2.47. The van der Waals surface area contributed by atoms with E-state index in [9.17, 15) is 13.6 Å². The Kier molecular flexibility index (Phi) is 4.64. The van der Waals surface area contributed by atoms with E-state index in [2.05, 4.69) is 0 Å². The topological polar surface area (TPSA) is 37.3 Å². The number of carboxylic acids is 1. The molecule has 1 rings (SSSR count). The normalized spacial score (nSPS) is 10.9. The van der Waals surface area contributed by atoms with E-state index in [1.54, 1.807) is 6.08 Å². The van der Waals surface area contributed by atoms with Crippen LogP contribution in [0.4, 0.5) is 8.78 Å². The highest BCUT2D eigenvalue weighted by Crippen LogP contribution is 2.11. The molecule has 1 aromatic carbocycles. The van der Waals surface area contributed by atoms with Gasteiger partial charge in [-0.05, 0) is 25.0 Å². The largest absolute Gasteiger partial charge is 0.481 e. The second kappa shape index (κ2) is 6.00. The average molecular weight is 226 g/mol. The van der Waals surface area contributed by atoms with Gasteiger partial charge in [0.25, 0.3) is 0 Å². The van der Waals surface area contributed by atoms with Gasteiger partial charge in [-0.25, -0.2) is 8.78 Å². The maximum Gasteiger partial charge on any atom is 0.303 e. The van der Waals surface area contributed by atoms with Crippen LogP contribution in [0.25, 0.3) is 6.08 Å². The van der Waals surface area contributed by atoms with E-state index in [4.69, 9.17) is 5.11 Å². The van der Waals surface area contributed by atoms with Crippen molar-refractivity contribution in [2.75, 3.05) is 0 Å². The number of rotatable bonds is 5. The lowest BCUT2D eigenvalue weighted by Crippen LogP contribution is -1.92. The standard InChI is InChI=1S/C12H12F2O2/c13-10-7-6-9(11(14)8-10)4-2-1-3-5-12(15)16/h2,4,6-8H,1,3,5H2,(H,15,16)/b4-2+. The Labute approximate surface area is 92.2 Å². The molecule has 0 aliphatic carbocycles. The van der Waals surface area contributed by atoms with E-state index < -0.39 is 17.6 Å². The Hall–Kier alpha value is -1.71. The molecule has 0 saturated heterocycles. The van der Waals surface area contributed by atoms with Crippen molar-refractivity contribution in [1.82, 2.24) is 0 Å². The maximum atomic E-state index is 13.1. The van der Waals surface area contributed by atoms with Crippen LogP contribution in [0, 0.1) is 11.6 Å². The Morgan fingerprint density at radius 2 is 2.12 bits per heavy atom. The van der Waals surface area contributed by atoms with Crippen molar-refractivity contribution in [1.29, 1.82) is 0 Å². The summed E-state index contributed by atoms with van der Waals surface area (Å²) >= 11 is 0. The molecule has 0 atom stereocenters. The van der Waals surface area contributed by atoms with Gasteiger partial charge in [-0.3, -0.25) is 4.79 Å². The van der Waals surface area contributed by atoms with E-state index in [1.165, 1.54) is 18.2 Å². The number of unbranched alkanes of at least 4 members (excludes halogenated alkanes) is 1. The first-order valence-corrected chi connectivity index (χ1v) is 4.93. The van der Waals surface area contributed by atoms with Gasteiger partial charge in [0.1, 0.15) is 11.6 Å². The molecule has 0 fully saturated rings. The lowest BCUT2D eigenvalue weighted by Gasteiger charge is -1.96. The molecule has 0 aliphatic rings. The third-order valence-corrected chi connectivity index (χ3v) is 2.02. The van der Waals surface area contributed by atoms with Crippen molar-refractivity contribution < 1.29 is 18.7 Å². The fourth-order valence-electron chi connectivity index (χ4n) is 1.22. The molecule has 0 radical (unpaired) electrons. The van der Waals surface area contributed by atoms with E-state index in [1.807, 2.05) is 0 Å². The van der Waals surface area contributed by atoms with Gasteiger partial charge in [0.2, 0.25) is 0 Å². The lowest BCUT2D eigenvalue weighted by atomic mass is 10.1. The van der Waals surface area contributed by atoms with Gasteiger partial charge in [-0.2, -0.15) is 0 Å². The molecule has 0 aliphatic heterocycles. The molecule has 0 spiro atoms.